The van der Waals surface area contributed by atoms with Crippen molar-refractivity contribution in [1.29, 1.82) is 0 Å². The normalized spacial score (nSPS) is 10.4. The Hall–Kier alpha value is -1.25. The molecule has 100 valence electrons. The number of nitrogen functional groups attached to an aromatic ring is 1. The molecule has 8 heteroatoms. The van der Waals surface area contributed by atoms with E-state index in [-0.39, 0.29) is 5.91 Å². The number of aromatic nitrogens is 2. The Morgan fingerprint density at radius 3 is 2.74 bits per heavy atom. The number of nitrogens with zero attached hydrogens (tertiary/aromatic N) is 2. The molecule has 0 aliphatic carbocycles. The second-order valence-electron chi connectivity index (χ2n) is 3.47. The molecule has 1 aromatic carbocycles. The van der Waals surface area contributed by atoms with Crippen LogP contribution < -0.4 is 11.1 Å². The van der Waals surface area contributed by atoms with Crippen LogP contribution in [0.2, 0.25) is 0 Å². The van der Waals surface area contributed by atoms with Gasteiger partial charge in [0.2, 0.25) is 0 Å². The molecule has 5 nitrogen and oxygen atoms in total. The minimum absolute atomic E-state index is 0.135. The van der Waals surface area contributed by atoms with Crippen LogP contribution in [0.5, 0.6) is 0 Å². The molecular formula is C11H12N4OS3. The molecule has 0 unspecified atom stereocenters. The van der Waals surface area contributed by atoms with Gasteiger partial charge in [-0.05, 0) is 24.5 Å². The van der Waals surface area contributed by atoms with E-state index >= 15 is 0 Å². The van der Waals surface area contributed by atoms with Crippen LogP contribution in [0.1, 0.15) is 10.4 Å². The van der Waals surface area contributed by atoms with Crippen LogP contribution >= 0.6 is 34.9 Å². The Morgan fingerprint density at radius 1 is 1.37 bits per heavy atom. The van der Waals surface area contributed by atoms with E-state index in [1.165, 1.54) is 23.1 Å². The van der Waals surface area contributed by atoms with Crippen molar-refractivity contribution >= 4 is 46.5 Å². The molecule has 2 aromatic rings. The Labute approximate surface area is 123 Å². The zero-order valence-corrected chi connectivity index (χ0v) is 12.8. The van der Waals surface area contributed by atoms with E-state index in [1.54, 1.807) is 37.0 Å². The Morgan fingerprint density at radius 2 is 2.11 bits per heavy atom. The molecule has 0 fully saturated rings. The van der Waals surface area contributed by atoms with Crippen molar-refractivity contribution in [3.05, 3.63) is 23.8 Å². The summed E-state index contributed by atoms with van der Waals surface area (Å²) in [6, 6.07) is 5.19. The first-order chi connectivity index (χ1) is 9.13. The summed E-state index contributed by atoms with van der Waals surface area (Å²) in [5.41, 5.74) is 7.12. The minimum atomic E-state index is -0.135. The number of rotatable bonds is 4. The largest absolute Gasteiger partial charge is 0.398 e. The van der Waals surface area contributed by atoms with Crippen LogP contribution in [0.3, 0.4) is 0 Å². The number of carbonyl (C=O) groups is 1. The lowest BCUT2D eigenvalue weighted by Crippen LogP contribution is -2.17. The molecule has 0 saturated heterocycles. The molecule has 1 heterocycles. The molecule has 3 N–H and O–H groups in total. The topological polar surface area (TPSA) is 80.9 Å². The van der Waals surface area contributed by atoms with Crippen LogP contribution in [0, 0.1) is 0 Å². The zero-order chi connectivity index (χ0) is 13.8. The number of hydrogen-bond acceptors (Lipinski definition) is 7. The van der Waals surface area contributed by atoms with Crippen LogP contribution in [-0.4, -0.2) is 29.4 Å². The van der Waals surface area contributed by atoms with Gasteiger partial charge in [0, 0.05) is 23.2 Å². The molecule has 0 atom stereocenters. The van der Waals surface area contributed by atoms with Crippen molar-refractivity contribution in [2.45, 2.75) is 13.6 Å². The average Bonchev–Trinajstić information content (AvgIpc) is 2.88. The number of thioether (sulfide) groups is 1. The monoisotopic (exact) mass is 312 g/mol. The predicted molar refractivity (Wildman–Crippen MR) is 80.1 cm³/mol. The second-order valence-corrected chi connectivity index (χ2v) is 6.79. The highest BCUT2D eigenvalue weighted by molar-refractivity contribution is 8.03. The fourth-order valence-electron chi connectivity index (χ4n) is 1.32. The number of carbonyl (C=O) groups excluding carboxylic acids is 1. The maximum Gasteiger partial charge on any atom is 0.251 e. The first-order valence-corrected chi connectivity index (χ1v) is 8.16. The van der Waals surface area contributed by atoms with E-state index in [0.717, 1.165) is 13.6 Å². The van der Waals surface area contributed by atoms with E-state index in [4.69, 9.17) is 5.73 Å². The third-order valence-electron chi connectivity index (χ3n) is 2.26. The predicted octanol–water partition coefficient (Wildman–Crippen LogP) is 2.35. The zero-order valence-electron chi connectivity index (χ0n) is 10.3. The van der Waals surface area contributed by atoms with Gasteiger partial charge in [0.05, 0.1) is 0 Å². The third kappa shape index (κ3) is 3.40. The highest BCUT2D eigenvalue weighted by Crippen LogP contribution is 2.36. The van der Waals surface area contributed by atoms with E-state index < -0.39 is 0 Å². The van der Waals surface area contributed by atoms with Crippen molar-refractivity contribution < 1.29 is 4.79 Å². The maximum atomic E-state index is 11.6. The average molecular weight is 312 g/mol. The van der Waals surface area contributed by atoms with Crippen molar-refractivity contribution in [3.63, 3.8) is 0 Å². The molecule has 1 aromatic heterocycles. The Bertz CT molecular complexity index is 599. The smallest absolute Gasteiger partial charge is 0.251 e. The molecule has 0 bridgehead atoms. The van der Waals surface area contributed by atoms with Crippen molar-refractivity contribution in [3.8, 4) is 0 Å². The van der Waals surface area contributed by atoms with Gasteiger partial charge in [-0.15, -0.1) is 10.2 Å². The summed E-state index contributed by atoms with van der Waals surface area (Å²) in [6.07, 6.45) is 1.95. The summed E-state index contributed by atoms with van der Waals surface area (Å²) >= 11 is 4.48. The molecule has 1 amide bonds. The summed E-state index contributed by atoms with van der Waals surface area (Å²) in [6.45, 7) is 0. The molecule has 19 heavy (non-hydrogen) atoms. The molecular weight excluding hydrogens is 300 g/mol. The lowest BCUT2D eigenvalue weighted by molar-refractivity contribution is 0.0963. The van der Waals surface area contributed by atoms with Gasteiger partial charge in [0.1, 0.15) is 0 Å². The van der Waals surface area contributed by atoms with E-state index in [1.807, 2.05) is 6.26 Å². The van der Waals surface area contributed by atoms with Gasteiger partial charge >= 0.3 is 0 Å². The molecule has 0 saturated carbocycles. The molecule has 2 rings (SSSR count). The van der Waals surface area contributed by atoms with E-state index in [2.05, 4.69) is 15.5 Å². The lowest BCUT2D eigenvalue weighted by atomic mass is 10.2. The Balaban J connectivity index is 2.25. The van der Waals surface area contributed by atoms with Crippen molar-refractivity contribution in [2.75, 3.05) is 19.0 Å². The number of nitrogens with two attached hydrogens (primary N) is 1. The Kier molecular flexibility index (Phi) is 4.67. The summed E-state index contributed by atoms with van der Waals surface area (Å²) in [4.78, 5) is 12.4. The first-order valence-electron chi connectivity index (χ1n) is 5.31. The quantitative estimate of drug-likeness (QED) is 0.666. The second kappa shape index (κ2) is 6.27. The van der Waals surface area contributed by atoms with Gasteiger partial charge in [-0.3, -0.25) is 4.79 Å². The summed E-state index contributed by atoms with van der Waals surface area (Å²) in [7, 11) is 1.60. The van der Waals surface area contributed by atoms with Crippen LogP contribution in [0.15, 0.2) is 31.8 Å². The molecule has 0 aliphatic heterocycles. The number of hydrogen-bond donors (Lipinski definition) is 2. The number of nitrogens with one attached hydrogen (secondary N) is 1. The van der Waals surface area contributed by atoms with Gasteiger partial charge in [0.25, 0.3) is 5.91 Å². The molecule has 0 radical (unpaired) electrons. The minimum Gasteiger partial charge on any atom is -0.398 e. The number of benzene rings is 1. The molecule has 0 aliphatic rings. The van der Waals surface area contributed by atoms with Crippen LogP contribution in [0.25, 0.3) is 0 Å². The molecule has 0 spiro atoms. The number of anilines is 1. The van der Waals surface area contributed by atoms with Gasteiger partial charge < -0.3 is 11.1 Å². The van der Waals surface area contributed by atoms with E-state index in [0.29, 0.717) is 11.3 Å². The fraction of sp³-hybridized carbons (Fsp3) is 0.182. The highest BCUT2D eigenvalue weighted by Gasteiger charge is 2.11. The van der Waals surface area contributed by atoms with Crippen molar-refractivity contribution in [1.82, 2.24) is 15.5 Å². The van der Waals surface area contributed by atoms with E-state index in [9.17, 15) is 4.79 Å². The third-order valence-corrected chi connectivity index (χ3v) is 5.29. The standard InChI is InChI=1S/C11H12N4OS3/c1-13-9(16)6-3-4-7(12)8(5-6)18-11-15-14-10(17-2)19-11/h3-5H,12H2,1-2H3,(H,13,16). The van der Waals surface area contributed by atoms with Crippen LogP contribution in [0.4, 0.5) is 5.69 Å². The maximum absolute atomic E-state index is 11.6. The first kappa shape index (κ1) is 14.2. The fourth-order valence-corrected chi connectivity index (χ4v) is 3.80. The number of amides is 1. The van der Waals surface area contributed by atoms with Gasteiger partial charge in [0.15, 0.2) is 8.68 Å². The summed E-state index contributed by atoms with van der Waals surface area (Å²) in [5.74, 6) is -0.135. The highest BCUT2D eigenvalue weighted by atomic mass is 32.2. The van der Waals surface area contributed by atoms with Gasteiger partial charge in [-0.25, -0.2) is 0 Å². The van der Waals surface area contributed by atoms with Gasteiger partial charge in [-0.1, -0.05) is 34.9 Å². The van der Waals surface area contributed by atoms with Gasteiger partial charge in [-0.2, -0.15) is 0 Å². The lowest BCUT2D eigenvalue weighted by Gasteiger charge is -2.05. The summed E-state index contributed by atoms with van der Waals surface area (Å²) in [5, 5.41) is 10.7. The SMILES string of the molecule is CNC(=O)c1ccc(N)c(Sc2nnc(SC)s2)c1. The van der Waals surface area contributed by atoms with Crippen LogP contribution in [-0.2, 0) is 0 Å². The van der Waals surface area contributed by atoms with Crippen molar-refractivity contribution in [2.24, 2.45) is 0 Å². The summed E-state index contributed by atoms with van der Waals surface area (Å²) < 4.78 is 1.72.